The third kappa shape index (κ3) is 5.52. The van der Waals surface area contributed by atoms with Crippen LogP contribution >= 0.6 is 11.8 Å². The monoisotopic (exact) mass is 598 g/mol. The summed E-state index contributed by atoms with van der Waals surface area (Å²) >= 11 is 1.45. The van der Waals surface area contributed by atoms with E-state index in [1.807, 2.05) is 0 Å². The number of amides is 2. The van der Waals surface area contributed by atoms with Gasteiger partial charge in [0.2, 0.25) is 5.91 Å². The molecule has 0 spiro atoms. The number of aliphatic hydroxyl groups excluding tert-OH is 1. The van der Waals surface area contributed by atoms with Crippen molar-refractivity contribution in [3.8, 4) is 0 Å². The molecular weight excluding hydrogens is 572 g/mol. The number of β-lactam (4-membered cyclic amide) rings is 1. The number of benzene rings is 2. The van der Waals surface area contributed by atoms with Gasteiger partial charge in [0.05, 0.1) is 39.8 Å². The van der Waals surface area contributed by atoms with Crippen molar-refractivity contribution in [3.63, 3.8) is 0 Å². The van der Waals surface area contributed by atoms with Crippen LogP contribution in [0, 0.1) is 26.1 Å². The van der Waals surface area contributed by atoms with E-state index >= 15 is 0 Å². The molecule has 5 rings (SSSR count). The van der Waals surface area contributed by atoms with Crippen molar-refractivity contribution < 1.29 is 38.8 Å². The largest absolute Gasteiger partial charge is 0.456 e. The predicted octanol–water partition coefficient (Wildman–Crippen LogP) is 3.12. The van der Waals surface area contributed by atoms with Crippen molar-refractivity contribution in [1.29, 1.82) is 0 Å². The normalized spacial score (nSPS) is 22.0. The number of fused-ring (bicyclic) bond motifs is 1. The molecule has 14 nitrogen and oxygen atoms in total. The minimum absolute atomic E-state index is 0.0319. The number of thioether (sulfide) groups is 1. The average molecular weight is 599 g/mol. The molecule has 4 atom stereocenters. The fraction of sp³-hybridized carbons (Fsp3) is 0.370. The Hall–Kier alpha value is -4.50. The van der Waals surface area contributed by atoms with Gasteiger partial charge < -0.3 is 19.5 Å². The van der Waals surface area contributed by atoms with Crippen molar-refractivity contribution in [2.45, 2.75) is 44.7 Å². The summed E-state index contributed by atoms with van der Waals surface area (Å²) in [6.45, 7) is 1.20. The van der Waals surface area contributed by atoms with E-state index in [4.69, 9.17) is 9.47 Å². The summed E-state index contributed by atoms with van der Waals surface area (Å²) in [6.07, 6.45) is -1.32. The highest BCUT2D eigenvalue weighted by Gasteiger charge is 2.58. The first kappa shape index (κ1) is 29.0. The van der Waals surface area contributed by atoms with Gasteiger partial charge in [0.25, 0.3) is 11.4 Å². The van der Waals surface area contributed by atoms with Gasteiger partial charge in [-0.05, 0) is 54.3 Å². The topological polar surface area (TPSA) is 183 Å². The number of aliphatic hydroxyl groups is 1. The molecule has 0 aliphatic carbocycles. The highest BCUT2D eigenvalue weighted by atomic mass is 32.2. The van der Waals surface area contributed by atoms with Gasteiger partial charge in [-0.2, -0.15) is 0 Å². The number of non-ortho nitro benzene ring substituents is 2. The zero-order valence-electron chi connectivity index (χ0n) is 22.3. The highest BCUT2D eigenvalue weighted by molar-refractivity contribution is 7.99. The Morgan fingerprint density at radius 1 is 1.00 bits per heavy atom. The van der Waals surface area contributed by atoms with Gasteiger partial charge in [-0.3, -0.25) is 29.9 Å². The van der Waals surface area contributed by atoms with E-state index in [1.54, 1.807) is 0 Å². The number of nitrogens with zero attached hydrogens (tertiary/aromatic N) is 4. The summed E-state index contributed by atoms with van der Waals surface area (Å²) in [6, 6.07) is 10.1. The van der Waals surface area contributed by atoms with E-state index in [2.05, 4.69) is 0 Å². The standard InChI is InChI=1S/C27H26N4O10S/c1-15(32)23-21-10-20(22-13-42-14-28(22)27(35)41-12-17-4-8-19(9-5-17)31(38)39)24(29(21)25(23)33)26(34)40-11-16-2-6-18(7-3-16)30(36)37/h2-9,15,21-23,32H,10-14H2,1H3/t15-,21-,22+,23-/m1/s1. The van der Waals surface area contributed by atoms with Crippen LogP contribution in [-0.4, -0.2) is 72.5 Å². The van der Waals surface area contributed by atoms with E-state index in [0.717, 1.165) is 0 Å². The van der Waals surface area contributed by atoms with E-state index in [9.17, 15) is 39.7 Å². The van der Waals surface area contributed by atoms with E-state index < -0.39 is 51.9 Å². The van der Waals surface area contributed by atoms with Crippen molar-refractivity contribution in [1.82, 2.24) is 9.80 Å². The number of hydrogen-bond acceptors (Lipinski definition) is 11. The molecule has 2 fully saturated rings. The maximum absolute atomic E-state index is 13.4. The molecule has 0 radical (unpaired) electrons. The van der Waals surface area contributed by atoms with Crippen LogP contribution in [0.25, 0.3) is 0 Å². The van der Waals surface area contributed by atoms with Gasteiger partial charge in [-0.15, -0.1) is 11.8 Å². The third-order valence-electron chi connectivity index (χ3n) is 7.50. The second-order valence-corrected chi connectivity index (χ2v) is 11.1. The van der Waals surface area contributed by atoms with Crippen LogP contribution in [0.2, 0.25) is 0 Å². The van der Waals surface area contributed by atoms with Crippen LogP contribution in [-0.2, 0) is 32.3 Å². The molecule has 0 unspecified atom stereocenters. The molecule has 3 aliphatic rings. The minimum atomic E-state index is -0.934. The van der Waals surface area contributed by atoms with E-state index in [-0.39, 0.29) is 42.6 Å². The van der Waals surface area contributed by atoms with Crippen molar-refractivity contribution in [2.75, 3.05) is 11.6 Å². The lowest BCUT2D eigenvalue weighted by Gasteiger charge is -2.44. The molecule has 2 aromatic carbocycles. The van der Waals surface area contributed by atoms with Gasteiger partial charge >= 0.3 is 12.1 Å². The first-order valence-corrected chi connectivity index (χ1v) is 14.1. The van der Waals surface area contributed by atoms with Crippen molar-refractivity contribution >= 4 is 41.1 Å². The Balaban J connectivity index is 1.33. The fourth-order valence-corrected chi connectivity index (χ4v) is 6.57. The van der Waals surface area contributed by atoms with Gasteiger partial charge in [-0.25, -0.2) is 9.59 Å². The second kappa shape index (κ2) is 11.8. The van der Waals surface area contributed by atoms with Crippen LogP contribution in [0.5, 0.6) is 0 Å². The Morgan fingerprint density at radius 2 is 1.55 bits per heavy atom. The van der Waals surface area contributed by atoms with Gasteiger partial charge in [0.1, 0.15) is 18.9 Å². The smallest absolute Gasteiger partial charge is 0.411 e. The number of ether oxygens (including phenoxy) is 2. The van der Waals surface area contributed by atoms with Crippen LogP contribution < -0.4 is 0 Å². The van der Waals surface area contributed by atoms with Gasteiger partial charge in [0.15, 0.2) is 0 Å². The maximum atomic E-state index is 13.4. The molecule has 3 heterocycles. The van der Waals surface area contributed by atoms with Crippen LogP contribution in [0.4, 0.5) is 16.2 Å². The first-order valence-electron chi connectivity index (χ1n) is 13.0. The van der Waals surface area contributed by atoms with E-state index in [0.29, 0.717) is 22.5 Å². The molecule has 1 N–H and O–H groups in total. The number of esters is 1. The number of rotatable bonds is 9. The quantitative estimate of drug-likeness (QED) is 0.194. The van der Waals surface area contributed by atoms with E-state index in [1.165, 1.54) is 77.0 Å². The highest BCUT2D eigenvalue weighted by Crippen LogP contribution is 2.47. The SMILES string of the molecule is C[C@@H](O)[C@H]1C(=O)N2C(C(=O)OCc3ccc([N+](=O)[O-])cc3)=C([C@@H]3CSCN3C(=O)OCc3ccc([N+](=O)[O-])cc3)C[C@H]12. The lowest BCUT2D eigenvalue weighted by atomic mass is 9.82. The molecule has 2 amide bonds. The molecule has 2 saturated heterocycles. The Bertz CT molecular complexity index is 1460. The van der Waals surface area contributed by atoms with Crippen LogP contribution in [0.3, 0.4) is 0 Å². The lowest BCUT2D eigenvalue weighted by molar-refractivity contribution is -0.385. The Morgan fingerprint density at radius 3 is 2.07 bits per heavy atom. The first-order chi connectivity index (χ1) is 20.1. The zero-order valence-corrected chi connectivity index (χ0v) is 23.1. The molecule has 0 aromatic heterocycles. The average Bonchev–Trinajstić information content (AvgIpc) is 3.58. The molecule has 2 aromatic rings. The summed E-state index contributed by atoms with van der Waals surface area (Å²) in [5, 5.41) is 32.0. The summed E-state index contributed by atoms with van der Waals surface area (Å²) in [4.78, 5) is 63.0. The van der Waals surface area contributed by atoms with Crippen molar-refractivity contribution in [3.05, 3.63) is 91.2 Å². The maximum Gasteiger partial charge on any atom is 0.411 e. The molecule has 220 valence electrons. The summed E-state index contributed by atoms with van der Waals surface area (Å²) < 4.78 is 11.0. The number of carbonyl (C=O) groups is 3. The Kier molecular flexibility index (Phi) is 8.13. The molecule has 42 heavy (non-hydrogen) atoms. The third-order valence-corrected chi connectivity index (χ3v) is 8.51. The number of nitro groups is 2. The lowest BCUT2D eigenvalue weighted by Crippen LogP contribution is -2.61. The van der Waals surface area contributed by atoms with Crippen LogP contribution in [0.1, 0.15) is 24.5 Å². The fourth-order valence-electron chi connectivity index (χ4n) is 5.37. The minimum Gasteiger partial charge on any atom is -0.456 e. The number of hydrogen-bond donors (Lipinski definition) is 1. The molecule has 3 aliphatic heterocycles. The second-order valence-electron chi connectivity index (χ2n) is 10.1. The van der Waals surface area contributed by atoms with Crippen molar-refractivity contribution in [2.24, 2.45) is 5.92 Å². The predicted molar refractivity (Wildman–Crippen MR) is 147 cm³/mol. The molecule has 0 bridgehead atoms. The number of carbonyl (C=O) groups excluding carboxylic acids is 3. The van der Waals surface area contributed by atoms with Gasteiger partial charge in [0, 0.05) is 30.0 Å². The molecular formula is C27H26N4O10S. The molecule has 0 saturated carbocycles. The summed E-state index contributed by atoms with van der Waals surface area (Å²) in [7, 11) is 0. The van der Waals surface area contributed by atoms with Crippen LogP contribution in [0.15, 0.2) is 59.8 Å². The zero-order chi connectivity index (χ0) is 30.1. The number of nitro benzene ring substituents is 2. The molecule has 15 heteroatoms. The van der Waals surface area contributed by atoms with Gasteiger partial charge in [-0.1, -0.05) is 0 Å². The summed E-state index contributed by atoms with van der Waals surface area (Å²) in [5.74, 6) is -1.17. The Labute approximate surface area is 243 Å². The summed E-state index contributed by atoms with van der Waals surface area (Å²) in [5.41, 5.74) is 1.44.